The minimum atomic E-state index is 0.262. The van der Waals surface area contributed by atoms with E-state index in [9.17, 15) is 4.79 Å². The normalized spacial score (nSPS) is 27.4. The predicted molar refractivity (Wildman–Crippen MR) is 62.8 cm³/mol. The Morgan fingerprint density at radius 1 is 1.36 bits per heavy atom. The highest BCUT2D eigenvalue weighted by Crippen LogP contribution is 2.34. The fraction of sp³-hybridized carbons (Fsp3) is 0.909. The summed E-state index contributed by atoms with van der Waals surface area (Å²) >= 11 is 1.53. The van der Waals surface area contributed by atoms with Crippen LogP contribution in [0.4, 0.5) is 4.79 Å². The molecule has 1 rings (SSSR count). The zero-order chi connectivity index (χ0) is 10.6. The van der Waals surface area contributed by atoms with Crippen molar-refractivity contribution in [1.29, 1.82) is 0 Å². The van der Waals surface area contributed by atoms with Gasteiger partial charge in [-0.15, -0.1) is 0 Å². The van der Waals surface area contributed by atoms with Crippen LogP contribution in [0.25, 0.3) is 0 Å². The quantitative estimate of drug-likeness (QED) is 0.654. The first-order valence-corrected chi connectivity index (χ1v) is 6.52. The van der Waals surface area contributed by atoms with Crippen LogP contribution in [0.5, 0.6) is 0 Å². The lowest BCUT2D eigenvalue weighted by atomic mass is 10.0. The number of hydrogen-bond donors (Lipinski definition) is 0. The predicted octanol–water partition coefficient (Wildman–Crippen LogP) is 3.51. The van der Waals surface area contributed by atoms with Crippen molar-refractivity contribution in [3.63, 3.8) is 0 Å². The van der Waals surface area contributed by atoms with Gasteiger partial charge in [-0.05, 0) is 12.8 Å². The summed E-state index contributed by atoms with van der Waals surface area (Å²) in [6.07, 6.45) is 6.10. The number of thioether (sulfide) groups is 1. The van der Waals surface area contributed by atoms with Gasteiger partial charge in [0.1, 0.15) is 0 Å². The summed E-state index contributed by atoms with van der Waals surface area (Å²) in [6, 6.07) is 0.490. The fourth-order valence-electron chi connectivity index (χ4n) is 2.01. The smallest absolute Gasteiger partial charge is 0.282 e. The molecule has 14 heavy (non-hydrogen) atoms. The second-order valence-corrected chi connectivity index (χ2v) is 5.19. The van der Waals surface area contributed by atoms with E-state index in [0.717, 1.165) is 6.42 Å². The highest BCUT2D eigenvalue weighted by Gasteiger charge is 2.36. The zero-order valence-electron chi connectivity index (χ0n) is 9.45. The van der Waals surface area contributed by atoms with Crippen molar-refractivity contribution in [2.75, 3.05) is 7.05 Å². The van der Waals surface area contributed by atoms with Gasteiger partial charge in [-0.1, -0.05) is 44.9 Å². The molecule has 2 nitrogen and oxygen atoms in total. The molecule has 0 saturated carbocycles. The minimum Gasteiger partial charge on any atom is -0.333 e. The van der Waals surface area contributed by atoms with Crippen LogP contribution in [0.1, 0.15) is 46.0 Å². The van der Waals surface area contributed by atoms with Crippen molar-refractivity contribution in [2.24, 2.45) is 0 Å². The third-order valence-corrected chi connectivity index (χ3v) is 4.41. The number of unbranched alkanes of at least 4 members (excludes halogenated alkanes) is 2. The number of carbonyl (C=O) groups excluding carboxylic acids is 1. The average Bonchev–Trinajstić information content (AvgIpc) is 2.45. The number of nitrogens with zero attached hydrogens (tertiary/aromatic N) is 1. The van der Waals surface area contributed by atoms with Gasteiger partial charge in [0.2, 0.25) is 0 Å². The summed E-state index contributed by atoms with van der Waals surface area (Å²) in [4.78, 5) is 13.4. The highest BCUT2D eigenvalue weighted by atomic mass is 32.2. The molecular formula is C11H21NOS. The summed E-state index contributed by atoms with van der Waals surface area (Å²) in [5.41, 5.74) is 0. The van der Waals surface area contributed by atoms with E-state index in [2.05, 4.69) is 13.8 Å². The Labute approximate surface area is 91.4 Å². The van der Waals surface area contributed by atoms with Crippen molar-refractivity contribution in [2.45, 2.75) is 57.2 Å². The molecule has 3 heteroatoms. The molecule has 82 valence electrons. The van der Waals surface area contributed by atoms with Crippen LogP contribution >= 0.6 is 11.8 Å². The van der Waals surface area contributed by atoms with Gasteiger partial charge in [-0.3, -0.25) is 4.79 Å². The van der Waals surface area contributed by atoms with E-state index in [4.69, 9.17) is 0 Å². The maximum Gasteiger partial charge on any atom is 0.282 e. The maximum atomic E-state index is 11.5. The molecule has 0 aromatic carbocycles. The Morgan fingerprint density at radius 3 is 2.64 bits per heavy atom. The van der Waals surface area contributed by atoms with Gasteiger partial charge < -0.3 is 4.90 Å². The Bertz CT molecular complexity index is 196. The van der Waals surface area contributed by atoms with Crippen LogP contribution in [0.15, 0.2) is 0 Å². The summed E-state index contributed by atoms with van der Waals surface area (Å²) in [6.45, 7) is 4.40. The molecule has 1 fully saturated rings. The first-order chi connectivity index (χ1) is 6.70. The molecule has 1 aliphatic rings. The van der Waals surface area contributed by atoms with Gasteiger partial charge in [-0.2, -0.15) is 0 Å². The molecule has 2 atom stereocenters. The summed E-state index contributed by atoms with van der Waals surface area (Å²) in [5, 5.41) is 0.794. The van der Waals surface area contributed by atoms with Crippen molar-refractivity contribution in [3.05, 3.63) is 0 Å². The topological polar surface area (TPSA) is 20.3 Å². The number of amides is 1. The number of hydrogen-bond acceptors (Lipinski definition) is 2. The summed E-state index contributed by atoms with van der Waals surface area (Å²) in [7, 11) is 1.95. The SMILES string of the molecule is CCCCCC1C(CC)SC(=O)N1C. The van der Waals surface area contributed by atoms with E-state index in [1.807, 2.05) is 11.9 Å². The standard InChI is InChI=1S/C11H21NOS/c1-4-6-7-8-9-10(5-2)14-11(13)12(9)3/h9-10H,4-8H2,1-3H3. The van der Waals surface area contributed by atoms with E-state index in [1.165, 1.54) is 37.4 Å². The van der Waals surface area contributed by atoms with Crippen molar-refractivity contribution >= 4 is 17.0 Å². The van der Waals surface area contributed by atoms with Crippen LogP contribution in [0.2, 0.25) is 0 Å². The lowest BCUT2D eigenvalue weighted by molar-refractivity contribution is 0.216. The first-order valence-electron chi connectivity index (χ1n) is 5.64. The zero-order valence-corrected chi connectivity index (χ0v) is 10.3. The van der Waals surface area contributed by atoms with Crippen LogP contribution in [-0.2, 0) is 0 Å². The third-order valence-electron chi connectivity index (χ3n) is 2.97. The van der Waals surface area contributed by atoms with E-state index in [-0.39, 0.29) is 5.24 Å². The molecule has 0 aliphatic carbocycles. The molecule has 1 amide bonds. The Kier molecular flexibility index (Phi) is 4.79. The molecule has 0 bridgehead atoms. The maximum absolute atomic E-state index is 11.5. The van der Waals surface area contributed by atoms with Gasteiger partial charge >= 0.3 is 0 Å². The summed E-state index contributed by atoms with van der Waals surface area (Å²) < 4.78 is 0. The van der Waals surface area contributed by atoms with E-state index in [0.29, 0.717) is 11.3 Å². The average molecular weight is 215 g/mol. The minimum absolute atomic E-state index is 0.262. The molecule has 1 saturated heterocycles. The molecule has 0 spiro atoms. The monoisotopic (exact) mass is 215 g/mol. The van der Waals surface area contributed by atoms with Crippen LogP contribution in [0.3, 0.4) is 0 Å². The first kappa shape index (κ1) is 11.9. The molecule has 0 aromatic rings. The van der Waals surface area contributed by atoms with Gasteiger partial charge in [-0.25, -0.2) is 0 Å². The molecule has 1 aliphatic heterocycles. The van der Waals surface area contributed by atoms with Crippen LogP contribution in [0, 0.1) is 0 Å². The molecule has 0 N–H and O–H groups in total. The van der Waals surface area contributed by atoms with Crippen molar-refractivity contribution in [3.8, 4) is 0 Å². The van der Waals surface area contributed by atoms with Crippen molar-refractivity contribution < 1.29 is 4.79 Å². The molecule has 1 heterocycles. The van der Waals surface area contributed by atoms with Crippen LogP contribution in [-0.4, -0.2) is 28.5 Å². The molecular weight excluding hydrogens is 194 g/mol. The van der Waals surface area contributed by atoms with Gasteiger partial charge in [0.25, 0.3) is 5.24 Å². The number of rotatable bonds is 5. The third kappa shape index (κ3) is 2.66. The van der Waals surface area contributed by atoms with Crippen molar-refractivity contribution in [1.82, 2.24) is 4.90 Å². The fourth-order valence-corrected chi connectivity index (χ4v) is 3.22. The number of carbonyl (C=O) groups is 1. The molecule has 0 radical (unpaired) electrons. The van der Waals surface area contributed by atoms with Gasteiger partial charge in [0, 0.05) is 18.3 Å². The Morgan fingerprint density at radius 2 is 2.07 bits per heavy atom. The highest BCUT2D eigenvalue weighted by molar-refractivity contribution is 8.14. The lowest BCUT2D eigenvalue weighted by Gasteiger charge is -2.22. The Balaban J connectivity index is 2.42. The van der Waals surface area contributed by atoms with Gasteiger partial charge in [0.05, 0.1) is 0 Å². The van der Waals surface area contributed by atoms with E-state index < -0.39 is 0 Å². The second kappa shape index (κ2) is 5.64. The second-order valence-electron chi connectivity index (χ2n) is 4.00. The molecule has 0 aromatic heterocycles. The molecule has 2 unspecified atom stereocenters. The summed E-state index contributed by atoms with van der Waals surface area (Å²) in [5.74, 6) is 0. The Hall–Kier alpha value is -0.180. The largest absolute Gasteiger partial charge is 0.333 e. The van der Waals surface area contributed by atoms with Gasteiger partial charge in [0.15, 0.2) is 0 Å². The van der Waals surface area contributed by atoms with E-state index >= 15 is 0 Å². The van der Waals surface area contributed by atoms with Crippen LogP contribution < -0.4 is 0 Å². The lowest BCUT2D eigenvalue weighted by Crippen LogP contribution is -2.33. The van der Waals surface area contributed by atoms with E-state index in [1.54, 1.807) is 0 Å².